The molecule has 206 valence electrons. The highest BCUT2D eigenvalue weighted by Crippen LogP contribution is 2.32. The molecule has 0 aliphatic rings. The van der Waals surface area contributed by atoms with Crippen molar-refractivity contribution in [3.8, 4) is 11.7 Å². The van der Waals surface area contributed by atoms with Gasteiger partial charge in [0.15, 0.2) is 5.82 Å². The van der Waals surface area contributed by atoms with Gasteiger partial charge >= 0.3 is 27.9 Å². The summed E-state index contributed by atoms with van der Waals surface area (Å²) in [5.74, 6) is -0.888. The maximum Gasteiger partial charge on any atom is 0.536 e. The summed E-state index contributed by atoms with van der Waals surface area (Å²) in [6.45, 7) is 7.16. The van der Waals surface area contributed by atoms with Crippen LogP contribution in [-0.4, -0.2) is 42.8 Å². The third-order valence-corrected chi connectivity index (χ3v) is 7.37. The number of amides is 2. The third kappa shape index (κ3) is 8.21. The molecule has 2 aromatic heterocycles. The summed E-state index contributed by atoms with van der Waals surface area (Å²) in [7, 11) is 0. The zero-order valence-electron chi connectivity index (χ0n) is 21.2. The summed E-state index contributed by atoms with van der Waals surface area (Å²) in [4.78, 5) is 30.9. The van der Waals surface area contributed by atoms with Crippen molar-refractivity contribution in [2.24, 2.45) is 0 Å². The Balaban J connectivity index is 2.02. The first kappa shape index (κ1) is 31.0. The van der Waals surface area contributed by atoms with Gasteiger partial charge in [0.05, 0.1) is 16.3 Å². The van der Waals surface area contributed by atoms with Crippen molar-refractivity contribution in [1.82, 2.24) is 20.1 Å². The number of aromatic nitrogens is 3. The number of pyridine rings is 1. The molecule has 0 aliphatic heterocycles. The molecule has 1 atom stereocenters. The normalized spacial score (nSPS) is 12.1. The van der Waals surface area contributed by atoms with Gasteiger partial charge in [0, 0.05) is 35.7 Å². The quantitative estimate of drug-likeness (QED) is 0.215. The van der Waals surface area contributed by atoms with Gasteiger partial charge in [-0.05, 0) is 67.9 Å². The van der Waals surface area contributed by atoms with Gasteiger partial charge in [0.2, 0.25) is 5.88 Å². The second-order valence-corrected chi connectivity index (χ2v) is 12.9. The van der Waals surface area contributed by atoms with E-state index in [2.05, 4.69) is 36.6 Å². The van der Waals surface area contributed by atoms with E-state index in [0.717, 1.165) is 0 Å². The predicted molar refractivity (Wildman–Crippen MR) is 155 cm³/mol. The molecule has 0 radical (unpaired) electrons. The SMILES string of the molecule is CC(CC([S+]=O)[S+]=O)Oc1cc(C(=O)Nc2c(Br)cc(Cl)cc2C(=O)NC(C)(C)C)n(-c2ncccc2Cl)n1. The average Bonchev–Trinajstić information content (AvgIpc) is 3.26. The van der Waals surface area contributed by atoms with E-state index in [9.17, 15) is 18.0 Å². The van der Waals surface area contributed by atoms with Crippen LogP contribution in [0.5, 0.6) is 5.88 Å². The number of hydrogen-bond donors (Lipinski definition) is 2. The Labute approximate surface area is 251 Å². The molecule has 0 spiro atoms. The summed E-state index contributed by atoms with van der Waals surface area (Å²) in [5, 5.41) is 10.5. The minimum Gasteiger partial charge on any atom is -0.473 e. The van der Waals surface area contributed by atoms with Gasteiger partial charge in [-0.2, -0.15) is 0 Å². The Bertz CT molecular complexity index is 1410. The lowest BCUT2D eigenvalue weighted by Crippen LogP contribution is -2.41. The first-order chi connectivity index (χ1) is 18.3. The highest BCUT2D eigenvalue weighted by Gasteiger charge is 2.38. The topological polar surface area (TPSA) is 132 Å². The number of benzene rings is 1. The number of rotatable bonds is 10. The van der Waals surface area contributed by atoms with E-state index in [1.54, 1.807) is 25.1 Å². The zero-order chi connectivity index (χ0) is 28.9. The van der Waals surface area contributed by atoms with Crippen molar-refractivity contribution in [3.05, 3.63) is 62.3 Å². The number of carbonyl (C=O) groups excluding carboxylic acids is 2. The van der Waals surface area contributed by atoms with Crippen LogP contribution >= 0.6 is 39.1 Å². The summed E-state index contributed by atoms with van der Waals surface area (Å²) < 4.78 is 28.8. The first-order valence-electron chi connectivity index (χ1n) is 11.4. The standard InChI is InChI=1S/C24H22BrCl2N5O5S2/c1-12(8-19(38-35)39-36)37-18-11-17(32(31-18)21-16(27)6-5-7-28-21)23(34)29-20-14(9-13(26)10-15(20)25)22(33)30-24(2,3)4/h5-7,9-12,19H,8H2,1-4H3/p+2. The number of hydrogen-bond acceptors (Lipinski definition) is 7. The van der Waals surface area contributed by atoms with E-state index in [1.807, 2.05) is 20.8 Å². The van der Waals surface area contributed by atoms with Crippen molar-refractivity contribution in [3.63, 3.8) is 0 Å². The van der Waals surface area contributed by atoms with E-state index in [1.165, 1.54) is 23.0 Å². The van der Waals surface area contributed by atoms with Crippen molar-refractivity contribution < 1.29 is 22.7 Å². The lowest BCUT2D eigenvalue weighted by Gasteiger charge is -2.22. The van der Waals surface area contributed by atoms with Crippen molar-refractivity contribution in [2.45, 2.75) is 50.3 Å². The molecule has 15 heteroatoms. The molecule has 0 bridgehead atoms. The molecule has 3 aromatic rings. The number of halogens is 3. The Morgan fingerprint density at radius 2 is 1.85 bits per heavy atom. The molecule has 0 aliphatic carbocycles. The van der Waals surface area contributed by atoms with Crippen LogP contribution in [0.2, 0.25) is 10.0 Å². The van der Waals surface area contributed by atoms with Gasteiger partial charge in [-0.1, -0.05) is 23.2 Å². The Hall–Kier alpha value is -2.58. The molecule has 1 unspecified atom stereocenters. The van der Waals surface area contributed by atoms with E-state index in [4.69, 9.17) is 27.9 Å². The van der Waals surface area contributed by atoms with Gasteiger partial charge in [-0.3, -0.25) is 9.59 Å². The summed E-state index contributed by atoms with van der Waals surface area (Å²) in [6, 6.07) is 7.58. The van der Waals surface area contributed by atoms with Crippen LogP contribution in [0.1, 0.15) is 55.0 Å². The van der Waals surface area contributed by atoms with Gasteiger partial charge in [-0.25, -0.2) is 9.67 Å². The van der Waals surface area contributed by atoms with Gasteiger partial charge in [0.1, 0.15) is 18.2 Å². The van der Waals surface area contributed by atoms with Crippen molar-refractivity contribution in [2.75, 3.05) is 5.32 Å². The molecule has 0 saturated heterocycles. The van der Waals surface area contributed by atoms with Gasteiger partial charge in [-0.15, -0.1) is 5.10 Å². The smallest absolute Gasteiger partial charge is 0.473 e. The van der Waals surface area contributed by atoms with Crippen LogP contribution in [0.15, 0.2) is 41.0 Å². The average molecular weight is 677 g/mol. The zero-order valence-corrected chi connectivity index (χ0v) is 25.9. The van der Waals surface area contributed by atoms with Crippen LogP contribution in [0, 0.1) is 0 Å². The number of anilines is 1. The summed E-state index contributed by atoms with van der Waals surface area (Å²) >= 11 is 16.3. The Kier molecular flexibility index (Phi) is 10.5. The van der Waals surface area contributed by atoms with E-state index >= 15 is 0 Å². The van der Waals surface area contributed by atoms with E-state index < -0.39 is 28.0 Å². The molecule has 2 N–H and O–H groups in total. The monoisotopic (exact) mass is 675 g/mol. The van der Waals surface area contributed by atoms with Crippen LogP contribution in [0.4, 0.5) is 5.69 Å². The molecular formula is C24H24BrCl2N5O5S2+2. The minimum atomic E-state index is -0.755. The lowest BCUT2D eigenvalue weighted by molar-refractivity contribution is 0.0920. The third-order valence-electron chi connectivity index (χ3n) is 4.95. The molecule has 3 rings (SSSR count). The lowest BCUT2D eigenvalue weighted by atomic mass is 10.1. The maximum absolute atomic E-state index is 13.6. The fraction of sp³-hybridized carbons (Fsp3) is 0.333. The molecule has 1 aromatic carbocycles. The van der Waals surface area contributed by atoms with Crippen LogP contribution < -0.4 is 15.4 Å². The van der Waals surface area contributed by atoms with Crippen LogP contribution in [0.25, 0.3) is 5.82 Å². The molecule has 39 heavy (non-hydrogen) atoms. The Morgan fingerprint density at radius 3 is 2.46 bits per heavy atom. The summed E-state index contributed by atoms with van der Waals surface area (Å²) in [5.41, 5.74) is -0.223. The Morgan fingerprint density at radius 1 is 1.15 bits per heavy atom. The van der Waals surface area contributed by atoms with Crippen LogP contribution in [0.3, 0.4) is 0 Å². The minimum absolute atomic E-state index is 0.00483. The fourth-order valence-electron chi connectivity index (χ4n) is 3.36. The summed E-state index contributed by atoms with van der Waals surface area (Å²) in [6.07, 6.45) is 1.08. The predicted octanol–water partition coefficient (Wildman–Crippen LogP) is 5.46. The number of ether oxygens (including phenoxy) is 1. The molecule has 0 fully saturated rings. The fourth-order valence-corrected chi connectivity index (χ4v) is 5.30. The molecule has 2 amide bonds. The highest BCUT2D eigenvalue weighted by atomic mass is 79.9. The largest absolute Gasteiger partial charge is 0.536 e. The van der Waals surface area contributed by atoms with E-state index in [-0.39, 0.29) is 63.4 Å². The molecule has 0 saturated carbocycles. The highest BCUT2D eigenvalue weighted by molar-refractivity contribution is 9.10. The van der Waals surface area contributed by atoms with Crippen molar-refractivity contribution in [1.29, 1.82) is 0 Å². The maximum atomic E-state index is 13.6. The van der Waals surface area contributed by atoms with Crippen LogP contribution in [-0.2, 0) is 31.8 Å². The number of carbonyl (C=O) groups is 2. The van der Waals surface area contributed by atoms with E-state index in [0.29, 0.717) is 9.50 Å². The second kappa shape index (κ2) is 13.2. The van der Waals surface area contributed by atoms with Gasteiger partial charge in [0.25, 0.3) is 11.8 Å². The first-order valence-corrected chi connectivity index (χ1v) is 14.6. The van der Waals surface area contributed by atoms with Crippen molar-refractivity contribution >= 4 is 80.0 Å². The molecule has 2 heterocycles. The number of nitrogens with zero attached hydrogens (tertiary/aromatic N) is 3. The molecule has 10 nitrogen and oxygen atoms in total. The molecular weight excluding hydrogens is 653 g/mol. The van der Waals surface area contributed by atoms with Gasteiger partial charge < -0.3 is 15.4 Å². The number of nitrogens with one attached hydrogen (secondary N) is 2. The second-order valence-electron chi connectivity index (χ2n) is 9.34.